The Morgan fingerprint density at radius 3 is 2.37 bits per heavy atom. The fourth-order valence-electron chi connectivity index (χ4n) is 4.00. The smallest absolute Gasteiger partial charge is 0.231 e. The first-order chi connectivity index (χ1) is 13.9. The van der Waals surface area contributed by atoms with Crippen LogP contribution in [0.2, 0.25) is 0 Å². The summed E-state index contributed by atoms with van der Waals surface area (Å²) >= 11 is 1.40. The Morgan fingerprint density at radius 2 is 1.70 bits per heavy atom. The first kappa shape index (κ1) is 20.8. The summed E-state index contributed by atoms with van der Waals surface area (Å²) in [5.41, 5.74) is 4.67. The van der Waals surface area contributed by atoms with Crippen molar-refractivity contribution in [1.82, 2.24) is 4.98 Å². The fourth-order valence-corrected chi connectivity index (χ4v) is 5.52. The van der Waals surface area contributed by atoms with E-state index in [1.807, 2.05) is 17.7 Å². The highest BCUT2D eigenvalue weighted by Crippen LogP contribution is 2.47. The molecule has 2 aromatic heterocycles. The zero-order valence-electron chi connectivity index (χ0n) is 17.9. The molecule has 0 amide bonds. The monoisotopic (exact) mass is 429 g/mol. The van der Waals surface area contributed by atoms with E-state index in [0.717, 1.165) is 38.0 Å². The molecule has 0 fully saturated rings. The van der Waals surface area contributed by atoms with Gasteiger partial charge in [-0.25, -0.2) is 4.57 Å². The molecule has 0 unspecified atom stereocenters. The minimum Gasteiger partial charge on any atom is -0.231 e. The maximum atomic E-state index is 13.8. The zero-order chi connectivity index (χ0) is 22.0. The van der Waals surface area contributed by atoms with Gasteiger partial charge in [-0.1, -0.05) is 23.8 Å². The summed E-state index contributed by atoms with van der Waals surface area (Å²) in [4.78, 5) is 4.61. The second kappa shape index (κ2) is 6.77. The van der Waals surface area contributed by atoms with Crippen LogP contribution in [-0.2, 0) is 12.5 Å². The third-order valence-corrected chi connectivity index (χ3v) is 7.30. The van der Waals surface area contributed by atoms with Crippen molar-refractivity contribution in [2.75, 3.05) is 0 Å². The number of nitrogens with zero attached hydrogens (tertiary/aromatic N) is 2. The van der Waals surface area contributed by atoms with Gasteiger partial charge in [-0.05, 0) is 68.4 Å². The molecule has 4 rings (SSSR count). The summed E-state index contributed by atoms with van der Waals surface area (Å²) < 4.78 is 45.0. The number of fused-ring (bicyclic) bond motifs is 3. The van der Waals surface area contributed by atoms with Gasteiger partial charge in [0.1, 0.15) is 4.70 Å². The third-order valence-electron chi connectivity index (χ3n) is 6.07. The number of halogens is 3. The van der Waals surface area contributed by atoms with E-state index in [-0.39, 0.29) is 0 Å². The van der Waals surface area contributed by atoms with Crippen LogP contribution in [0.1, 0.15) is 36.1 Å². The molecular weight excluding hydrogens is 405 g/mol. The Hall–Kier alpha value is -2.47. The van der Waals surface area contributed by atoms with Crippen LogP contribution in [0.5, 0.6) is 0 Å². The Morgan fingerprint density at radius 1 is 1.00 bits per heavy atom. The molecule has 4 aromatic rings. The molecule has 0 atom stereocenters. The number of thiophene rings is 1. The van der Waals surface area contributed by atoms with Gasteiger partial charge in [0.05, 0.1) is 12.5 Å². The van der Waals surface area contributed by atoms with Crippen LogP contribution in [0.25, 0.3) is 31.6 Å². The Kier molecular flexibility index (Phi) is 4.69. The van der Waals surface area contributed by atoms with Crippen molar-refractivity contribution in [2.24, 2.45) is 7.05 Å². The molecule has 0 saturated carbocycles. The molecule has 0 N–H and O–H groups in total. The number of alkyl halides is 3. The SMILES string of the molecule is Cc1cc(C)c(C)c(-c2c3sc4c(C(C)(C)C(F)(F)F)cccc4c3nc[n+]2C)c1. The molecule has 2 heterocycles. The molecule has 2 aromatic carbocycles. The lowest BCUT2D eigenvalue weighted by atomic mass is 9.83. The normalized spacial score (nSPS) is 12.8. The second-order valence-corrected chi connectivity index (χ2v) is 9.56. The average Bonchev–Trinajstić information content (AvgIpc) is 3.02. The first-order valence-electron chi connectivity index (χ1n) is 9.78. The van der Waals surface area contributed by atoms with Crippen molar-refractivity contribution in [3.8, 4) is 11.3 Å². The van der Waals surface area contributed by atoms with E-state index in [2.05, 4.69) is 37.9 Å². The van der Waals surface area contributed by atoms with Gasteiger partial charge in [-0.2, -0.15) is 13.2 Å². The molecule has 0 bridgehead atoms. The Balaban J connectivity index is 2.13. The summed E-state index contributed by atoms with van der Waals surface area (Å²) in [7, 11) is 1.93. The molecule has 0 saturated heterocycles. The molecular formula is C24H24F3N2S+. The van der Waals surface area contributed by atoms with E-state index in [9.17, 15) is 13.2 Å². The lowest BCUT2D eigenvalue weighted by Crippen LogP contribution is -2.36. The summed E-state index contributed by atoms with van der Waals surface area (Å²) in [6.45, 7) is 8.72. The van der Waals surface area contributed by atoms with E-state index in [4.69, 9.17) is 0 Å². The number of aromatic nitrogens is 2. The predicted octanol–water partition coefficient (Wildman–Crippen LogP) is 6.71. The van der Waals surface area contributed by atoms with Gasteiger partial charge in [0.15, 0.2) is 5.69 Å². The minimum atomic E-state index is -4.34. The van der Waals surface area contributed by atoms with Gasteiger partial charge < -0.3 is 0 Å². The van der Waals surface area contributed by atoms with Gasteiger partial charge >= 0.3 is 6.18 Å². The number of aryl methyl sites for hydroxylation is 3. The standard InChI is InChI=1S/C24H24F3N2S/c1-13-10-14(2)15(3)17(11-13)20-22-19(28-12-29(20)6)16-8-7-9-18(21(16)30-22)23(4,5)24(25,26)27/h7-12H,1-6H3/q+1. The number of rotatable bonds is 2. The zero-order valence-corrected chi connectivity index (χ0v) is 18.7. The van der Waals surface area contributed by atoms with Crippen LogP contribution in [-0.4, -0.2) is 11.2 Å². The first-order valence-corrected chi connectivity index (χ1v) is 10.6. The van der Waals surface area contributed by atoms with Crippen molar-refractivity contribution >= 4 is 31.6 Å². The summed E-state index contributed by atoms with van der Waals surface area (Å²) in [6, 6.07) is 9.45. The van der Waals surface area contributed by atoms with Crippen molar-refractivity contribution in [3.63, 3.8) is 0 Å². The van der Waals surface area contributed by atoms with Gasteiger partial charge in [0.25, 0.3) is 6.33 Å². The highest BCUT2D eigenvalue weighted by atomic mass is 32.1. The predicted molar refractivity (Wildman–Crippen MR) is 117 cm³/mol. The van der Waals surface area contributed by atoms with Gasteiger partial charge in [-0.15, -0.1) is 11.3 Å². The van der Waals surface area contributed by atoms with Crippen LogP contribution < -0.4 is 4.57 Å². The highest BCUT2D eigenvalue weighted by Gasteiger charge is 2.49. The van der Waals surface area contributed by atoms with Crippen LogP contribution in [0.3, 0.4) is 0 Å². The summed E-state index contributed by atoms with van der Waals surface area (Å²) in [5, 5.41) is 0.772. The van der Waals surface area contributed by atoms with Crippen molar-refractivity contribution in [1.29, 1.82) is 0 Å². The van der Waals surface area contributed by atoms with Crippen molar-refractivity contribution in [2.45, 2.75) is 46.2 Å². The maximum absolute atomic E-state index is 13.8. The highest BCUT2D eigenvalue weighted by molar-refractivity contribution is 7.26. The minimum absolute atomic E-state index is 0.293. The molecule has 2 nitrogen and oxygen atoms in total. The molecule has 0 aliphatic heterocycles. The summed E-state index contributed by atoms with van der Waals surface area (Å²) in [5.74, 6) is 0. The lowest BCUT2D eigenvalue weighted by molar-refractivity contribution is -0.662. The van der Waals surface area contributed by atoms with Crippen LogP contribution in [0.4, 0.5) is 13.2 Å². The van der Waals surface area contributed by atoms with Crippen molar-refractivity contribution < 1.29 is 17.7 Å². The van der Waals surface area contributed by atoms with E-state index in [1.54, 1.807) is 18.5 Å². The van der Waals surface area contributed by atoms with E-state index >= 15 is 0 Å². The average molecular weight is 430 g/mol. The molecule has 0 spiro atoms. The summed E-state index contributed by atoms with van der Waals surface area (Å²) in [6.07, 6.45) is -2.59. The Bertz CT molecular complexity index is 1300. The van der Waals surface area contributed by atoms with Crippen LogP contribution in [0.15, 0.2) is 36.7 Å². The third kappa shape index (κ3) is 3.00. The Labute approximate surface area is 178 Å². The van der Waals surface area contributed by atoms with Gasteiger partial charge in [0, 0.05) is 15.6 Å². The number of hydrogen-bond acceptors (Lipinski definition) is 2. The molecule has 6 heteroatoms. The van der Waals surface area contributed by atoms with E-state index < -0.39 is 11.6 Å². The number of hydrogen-bond donors (Lipinski definition) is 0. The maximum Gasteiger partial charge on any atom is 0.397 e. The number of benzene rings is 2. The van der Waals surface area contributed by atoms with E-state index in [0.29, 0.717) is 10.3 Å². The topological polar surface area (TPSA) is 16.8 Å². The molecule has 30 heavy (non-hydrogen) atoms. The van der Waals surface area contributed by atoms with E-state index in [1.165, 1.54) is 30.7 Å². The molecule has 0 radical (unpaired) electrons. The molecule has 0 aliphatic rings. The van der Waals surface area contributed by atoms with Gasteiger partial charge in [-0.3, -0.25) is 0 Å². The lowest BCUT2D eigenvalue weighted by Gasteiger charge is -2.28. The van der Waals surface area contributed by atoms with Crippen molar-refractivity contribution in [3.05, 3.63) is 58.9 Å². The largest absolute Gasteiger partial charge is 0.397 e. The van der Waals surface area contributed by atoms with Gasteiger partial charge in [0.2, 0.25) is 5.52 Å². The van der Waals surface area contributed by atoms with Crippen LogP contribution in [0, 0.1) is 20.8 Å². The van der Waals surface area contributed by atoms with Crippen LogP contribution >= 0.6 is 11.3 Å². The second-order valence-electron chi connectivity index (χ2n) is 8.54. The molecule has 0 aliphatic carbocycles. The fraction of sp³-hybridized carbons (Fsp3) is 0.333. The molecule has 156 valence electrons. The quantitative estimate of drug-likeness (QED) is 0.324.